The van der Waals surface area contributed by atoms with Gasteiger partial charge in [0, 0.05) is 36.5 Å². The molecule has 0 bridgehead atoms. The molecule has 1 aliphatic rings. The maximum absolute atomic E-state index is 12.4. The predicted molar refractivity (Wildman–Crippen MR) is 96.3 cm³/mol. The van der Waals surface area contributed by atoms with E-state index in [1.807, 2.05) is 0 Å². The summed E-state index contributed by atoms with van der Waals surface area (Å²) in [6.45, 7) is 2.13. The van der Waals surface area contributed by atoms with Crippen LogP contribution in [-0.4, -0.2) is 38.0 Å². The van der Waals surface area contributed by atoms with Crippen molar-refractivity contribution in [2.45, 2.75) is 17.7 Å². The Morgan fingerprint density at radius 3 is 2.46 bits per heavy atom. The summed E-state index contributed by atoms with van der Waals surface area (Å²) in [5.74, 6) is 1.06. The molecule has 0 saturated carbocycles. The molecule has 24 heavy (non-hydrogen) atoms. The zero-order chi connectivity index (χ0) is 17.0. The van der Waals surface area contributed by atoms with Crippen molar-refractivity contribution in [1.82, 2.24) is 14.7 Å². The van der Waals surface area contributed by atoms with E-state index in [4.69, 9.17) is 0 Å². The third kappa shape index (κ3) is 4.12. The first-order valence-electron chi connectivity index (χ1n) is 7.82. The van der Waals surface area contributed by atoms with Gasteiger partial charge in [-0.2, -0.15) is 0 Å². The lowest BCUT2D eigenvalue weighted by atomic mass is 9.97. The van der Waals surface area contributed by atoms with Gasteiger partial charge < -0.3 is 4.90 Å². The molecule has 1 fully saturated rings. The summed E-state index contributed by atoms with van der Waals surface area (Å²) in [6, 6.07) is 8.64. The zero-order valence-electron chi connectivity index (χ0n) is 13.1. The van der Waals surface area contributed by atoms with Crippen molar-refractivity contribution in [3.05, 3.63) is 47.2 Å². The lowest BCUT2D eigenvalue weighted by Gasteiger charge is -2.31. The minimum absolute atomic E-state index is 0.278. The molecule has 0 atom stereocenters. The minimum atomic E-state index is -3.49. The Bertz CT molecular complexity index is 778. The molecule has 1 N–H and O–H groups in total. The van der Waals surface area contributed by atoms with E-state index < -0.39 is 10.0 Å². The Kier molecular flexibility index (Phi) is 5.47. The van der Waals surface area contributed by atoms with Crippen LogP contribution in [0.4, 0.5) is 5.95 Å². The molecular weight excluding hydrogens is 392 g/mol. The van der Waals surface area contributed by atoms with E-state index in [2.05, 4.69) is 35.5 Å². The Hall–Kier alpha value is -1.51. The van der Waals surface area contributed by atoms with Crippen LogP contribution in [0.5, 0.6) is 0 Å². The Labute approximate surface area is 150 Å². The molecule has 1 aliphatic heterocycles. The molecule has 0 amide bonds. The van der Waals surface area contributed by atoms with E-state index in [9.17, 15) is 8.42 Å². The molecular formula is C16H19BrN4O2S. The molecule has 6 nitrogen and oxygen atoms in total. The number of nitrogens with zero attached hydrogens (tertiary/aromatic N) is 3. The number of sulfonamides is 1. The first-order valence-corrected chi connectivity index (χ1v) is 10.1. The maximum atomic E-state index is 12.4. The van der Waals surface area contributed by atoms with Gasteiger partial charge in [0.05, 0.1) is 4.90 Å². The first kappa shape index (κ1) is 17.3. The van der Waals surface area contributed by atoms with Gasteiger partial charge in [0.1, 0.15) is 0 Å². The lowest BCUT2D eigenvalue weighted by molar-refractivity contribution is 0.399. The number of anilines is 1. The Morgan fingerprint density at radius 2 is 1.79 bits per heavy atom. The molecule has 0 spiro atoms. The van der Waals surface area contributed by atoms with Crippen LogP contribution in [-0.2, 0) is 10.0 Å². The average Bonchev–Trinajstić information content (AvgIpc) is 2.61. The van der Waals surface area contributed by atoms with Gasteiger partial charge in [0.2, 0.25) is 16.0 Å². The topological polar surface area (TPSA) is 75.2 Å². The summed E-state index contributed by atoms with van der Waals surface area (Å²) in [7, 11) is -3.49. The summed E-state index contributed by atoms with van der Waals surface area (Å²) in [5, 5.41) is 0. The second-order valence-corrected chi connectivity index (χ2v) is 8.35. The number of nitrogens with one attached hydrogen (secondary N) is 1. The van der Waals surface area contributed by atoms with Gasteiger partial charge in [-0.1, -0.05) is 12.1 Å². The molecule has 1 aromatic heterocycles. The standard InChI is InChI=1S/C16H19BrN4O2S/c17-14-4-1-2-5-15(14)24(22,23)20-12-13-6-10-21(11-7-13)16-18-8-3-9-19-16/h1-5,8-9,13,20H,6-7,10-12H2. The summed E-state index contributed by atoms with van der Waals surface area (Å²) >= 11 is 3.29. The van der Waals surface area contributed by atoms with Gasteiger partial charge in [0.15, 0.2) is 0 Å². The van der Waals surface area contributed by atoms with Crippen molar-refractivity contribution in [2.24, 2.45) is 5.92 Å². The van der Waals surface area contributed by atoms with Crippen molar-refractivity contribution in [1.29, 1.82) is 0 Å². The van der Waals surface area contributed by atoms with Crippen molar-refractivity contribution in [3.8, 4) is 0 Å². The van der Waals surface area contributed by atoms with E-state index >= 15 is 0 Å². The van der Waals surface area contributed by atoms with Crippen molar-refractivity contribution >= 4 is 31.9 Å². The fourth-order valence-corrected chi connectivity index (χ4v) is 4.88. The van der Waals surface area contributed by atoms with Gasteiger partial charge in [-0.3, -0.25) is 0 Å². The zero-order valence-corrected chi connectivity index (χ0v) is 15.5. The maximum Gasteiger partial charge on any atom is 0.241 e. The van der Waals surface area contributed by atoms with Crippen LogP contribution in [0.2, 0.25) is 0 Å². The highest BCUT2D eigenvalue weighted by atomic mass is 79.9. The van der Waals surface area contributed by atoms with E-state index in [1.165, 1.54) is 0 Å². The highest BCUT2D eigenvalue weighted by molar-refractivity contribution is 9.10. The molecule has 0 unspecified atom stereocenters. The SMILES string of the molecule is O=S(=O)(NCC1CCN(c2ncccn2)CC1)c1ccccc1Br. The minimum Gasteiger partial charge on any atom is -0.341 e. The summed E-state index contributed by atoms with van der Waals surface area (Å²) < 4.78 is 28.1. The summed E-state index contributed by atoms with van der Waals surface area (Å²) in [5.41, 5.74) is 0. The van der Waals surface area contributed by atoms with Gasteiger partial charge >= 0.3 is 0 Å². The lowest BCUT2D eigenvalue weighted by Crippen LogP contribution is -2.39. The average molecular weight is 411 g/mol. The quantitative estimate of drug-likeness (QED) is 0.818. The second kappa shape index (κ2) is 7.58. The molecule has 128 valence electrons. The predicted octanol–water partition coefficient (Wildman–Crippen LogP) is 2.43. The molecule has 0 aliphatic carbocycles. The van der Waals surface area contributed by atoms with Crippen LogP contribution in [0, 0.1) is 5.92 Å². The van der Waals surface area contributed by atoms with Gasteiger partial charge in [-0.15, -0.1) is 0 Å². The number of hydrogen-bond donors (Lipinski definition) is 1. The molecule has 2 heterocycles. The van der Waals surface area contributed by atoms with Crippen LogP contribution in [0.25, 0.3) is 0 Å². The van der Waals surface area contributed by atoms with Crippen LogP contribution in [0.1, 0.15) is 12.8 Å². The third-order valence-corrected chi connectivity index (χ3v) is 6.57. The number of benzene rings is 1. The van der Waals surface area contributed by atoms with Crippen LogP contribution in [0.15, 0.2) is 52.1 Å². The van der Waals surface area contributed by atoms with Gasteiger partial charge in [-0.25, -0.2) is 23.1 Å². The molecule has 3 rings (SSSR count). The number of halogens is 1. The molecule has 0 radical (unpaired) electrons. The number of rotatable bonds is 5. The van der Waals surface area contributed by atoms with E-state index in [0.717, 1.165) is 31.9 Å². The Balaban J connectivity index is 1.54. The van der Waals surface area contributed by atoms with Crippen molar-refractivity contribution < 1.29 is 8.42 Å². The first-order chi connectivity index (χ1) is 11.6. The highest BCUT2D eigenvalue weighted by Gasteiger charge is 2.23. The van der Waals surface area contributed by atoms with E-state index in [-0.39, 0.29) is 4.90 Å². The van der Waals surface area contributed by atoms with Crippen LogP contribution in [0.3, 0.4) is 0 Å². The number of piperidine rings is 1. The Morgan fingerprint density at radius 1 is 1.12 bits per heavy atom. The van der Waals surface area contributed by atoms with Gasteiger partial charge in [0.25, 0.3) is 0 Å². The van der Waals surface area contributed by atoms with Crippen LogP contribution >= 0.6 is 15.9 Å². The molecule has 8 heteroatoms. The normalized spacial score (nSPS) is 16.3. The van der Waals surface area contributed by atoms with Crippen molar-refractivity contribution in [2.75, 3.05) is 24.5 Å². The second-order valence-electron chi connectivity index (χ2n) is 5.76. The van der Waals surface area contributed by atoms with E-state index in [0.29, 0.717) is 16.9 Å². The van der Waals surface area contributed by atoms with Gasteiger partial charge in [-0.05, 0) is 52.9 Å². The number of hydrogen-bond acceptors (Lipinski definition) is 5. The third-order valence-electron chi connectivity index (χ3n) is 4.14. The fourth-order valence-electron chi connectivity index (χ4n) is 2.76. The molecule has 1 saturated heterocycles. The fraction of sp³-hybridized carbons (Fsp3) is 0.375. The molecule has 1 aromatic carbocycles. The summed E-state index contributed by atoms with van der Waals surface area (Å²) in [4.78, 5) is 10.9. The number of aromatic nitrogens is 2. The van der Waals surface area contributed by atoms with Crippen LogP contribution < -0.4 is 9.62 Å². The smallest absolute Gasteiger partial charge is 0.241 e. The monoisotopic (exact) mass is 410 g/mol. The largest absolute Gasteiger partial charge is 0.341 e. The highest BCUT2D eigenvalue weighted by Crippen LogP contribution is 2.23. The van der Waals surface area contributed by atoms with E-state index in [1.54, 1.807) is 42.7 Å². The summed E-state index contributed by atoms with van der Waals surface area (Å²) in [6.07, 6.45) is 5.30. The van der Waals surface area contributed by atoms with Crippen molar-refractivity contribution in [3.63, 3.8) is 0 Å². The molecule has 2 aromatic rings.